The highest BCUT2D eigenvalue weighted by Crippen LogP contribution is 2.34. The van der Waals surface area contributed by atoms with E-state index in [2.05, 4.69) is 15.5 Å². The molecule has 0 aliphatic carbocycles. The fourth-order valence-electron chi connectivity index (χ4n) is 1.16. The summed E-state index contributed by atoms with van der Waals surface area (Å²) in [4.78, 5) is 10.1. The van der Waals surface area contributed by atoms with Gasteiger partial charge in [-0.15, -0.1) is 5.10 Å². The van der Waals surface area contributed by atoms with Crippen molar-refractivity contribution in [1.82, 2.24) is 20.2 Å². The number of aromatic nitrogens is 4. The molecule has 1 heterocycles. The van der Waals surface area contributed by atoms with Gasteiger partial charge in [-0.05, 0) is 34.3 Å². The summed E-state index contributed by atoms with van der Waals surface area (Å²) in [6, 6.07) is 3.88. The van der Waals surface area contributed by atoms with Crippen molar-refractivity contribution < 1.29 is 9.31 Å². The predicted molar refractivity (Wildman–Crippen MR) is 56.0 cm³/mol. The zero-order valence-corrected chi connectivity index (χ0v) is 9.39. The minimum atomic E-state index is -0.880. The topological polar surface area (TPSA) is 86.7 Å². The monoisotopic (exact) mass is 255 g/mol. The Morgan fingerprint density at radius 1 is 1.53 bits per heavy atom. The summed E-state index contributed by atoms with van der Waals surface area (Å²) >= 11 is 0.935. The van der Waals surface area contributed by atoms with Crippen LogP contribution in [0, 0.1) is 15.9 Å². The van der Waals surface area contributed by atoms with E-state index >= 15 is 0 Å². The standard InChI is InChI=1S/C8H6FN5O2S/c1-13-8(10-11-12-13)17-6-4-2-3-5(9)7(6)14(15)16/h2-4H,1H3. The minimum Gasteiger partial charge on any atom is -0.258 e. The van der Waals surface area contributed by atoms with Crippen LogP contribution in [0.5, 0.6) is 0 Å². The van der Waals surface area contributed by atoms with Gasteiger partial charge in [0.05, 0.1) is 9.82 Å². The molecule has 2 aromatic rings. The van der Waals surface area contributed by atoms with Crippen molar-refractivity contribution in [2.45, 2.75) is 10.1 Å². The highest BCUT2D eigenvalue weighted by molar-refractivity contribution is 7.99. The van der Waals surface area contributed by atoms with Gasteiger partial charge in [0.1, 0.15) is 0 Å². The largest absolute Gasteiger partial charge is 0.318 e. The lowest BCUT2D eigenvalue weighted by Gasteiger charge is -2.01. The lowest BCUT2D eigenvalue weighted by Crippen LogP contribution is -1.97. The van der Waals surface area contributed by atoms with Gasteiger partial charge in [-0.25, -0.2) is 4.68 Å². The van der Waals surface area contributed by atoms with E-state index in [0.29, 0.717) is 5.16 Å². The molecule has 0 N–H and O–H groups in total. The smallest absolute Gasteiger partial charge is 0.258 e. The summed E-state index contributed by atoms with van der Waals surface area (Å²) in [5.74, 6) is -0.880. The molecule has 17 heavy (non-hydrogen) atoms. The Morgan fingerprint density at radius 2 is 2.29 bits per heavy atom. The molecule has 0 saturated carbocycles. The molecule has 0 amide bonds. The van der Waals surface area contributed by atoms with Gasteiger partial charge in [0.2, 0.25) is 11.0 Å². The first-order chi connectivity index (χ1) is 8.09. The molecule has 1 aromatic heterocycles. The van der Waals surface area contributed by atoms with Gasteiger partial charge in [-0.3, -0.25) is 10.1 Å². The quantitative estimate of drug-likeness (QED) is 0.608. The first kappa shape index (κ1) is 11.5. The molecule has 9 heteroatoms. The number of rotatable bonds is 3. The molecule has 0 fully saturated rings. The predicted octanol–water partition coefficient (Wildman–Crippen LogP) is 1.41. The van der Waals surface area contributed by atoms with Gasteiger partial charge in [-0.2, -0.15) is 4.39 Å². The Balaban J connectivity index is 2.43. The maximum absolute atomic E-state index is 13.3. The van der Waals surface area contributed by atoms with Gasteiger partial charge in [-0.1, -0.05) is 6.07 Å². The first-order valence-electron chi connectivity index (χ1n) is 4.42. The molecule has 1 aromatic carbocycles. The van der Waals surface area contributed by atoms with Crippen LogP contribution in [0.15, 0.2) is 28.3 Å². The van der Waals surface area contributed by atoms with E-state index in [4.69, 9.17) is 0 Å². The highest BCUT2D eigenvalue weighted by atomic mass is 32.2. The molecule has 0 radical (unpaired) electrons. The Hall–Kier alpha value is -2.03. The second kappa shape index (κ2) is 4.45. The van der Waals surface area contributed by atoms with Crippen LogP contribution in [0.3, 0.4) is 0 Å². The summed E-state index contributed by atoms with van der Waals surface area (Å²) in [5, 5.41) is 21.7. The maximum Gasteiger partial charge on any atom is 0.318 e. The van der Waals surface area contributed by atoms with Crippen LogP contribution in [0.4, 0.5) is 10.1 Å². The summed E-state index contributed by atoms with van der Waals surface area (Å²) < 4.78 is 14.7. The van der Waals surface area contributed by atoms with E-state index in [1.807, 2.05) is 0 Å². The van der Waals surface area contributed by atoms with E-state index in [1.54, 1.807) is 7.05 Å². The van der Waals surface area contributed by atoms with Gasteiger partial charge >= 0.3 is 5.69 Å². The molecular formula is C8H6FN5O2S. The number of nitro groups is 1. The Kier molecular flexibility index (Phi) is 3.00. The number of hydrogen-bond donors (Lipinski definition) is 0. The Labute approximate surface area is 98.8 Å². The summed E-state index contributed by atoms with van der Waals surface area (Å²) in [5.41, 5.74) is -0.569. The fraction of sp³-hybridized carbons (Fsp3) is 0.125. The summed E-state index contributed by atoms with van der Waals surface area (Å²) in [6.45, 7) is 0. The van der Waals surface area contributed by atoms with Gasteiger partial charge < -0.3 is 0 Å². The van der Waals surface area contributed by atoms with Crippen LogP contribution in [-0.2, 0) is 7.05 Å². The van der Waals surface area contributed by atoms with Gasteiger partial charge in [0.25, 0.3) is 0 Å². The van der Waals surface area contributed by atoms with Crippen LogP contribution in [0.2, 0.25) is 0 Å². The van der Waals surface area contributed by atoms with Crippen molar-refractivity contribution in [3.05, 3.63) is 34.1 Å². The van der Waals surface area contributed by atoms with E-state index in [9.17, 15) is 14.5 Å². The van der Waals surface area contributed by atoms with E-state index < -0.39 is 16.4 Å². The zero-order chi connectivity index (χ0) is 12.4. The minimum absolute atomic E-state index is 0.160. The molecule has 0 unspecified atom stereocenters. The molecule has 88 valence electrons. The number of halogens is 1. The number of para-hydroxylation sites is 1. The van der Waals surface area contributed by atoms with Crippen LogP contribution in [0.1, 0.15) is 0 Å². The number of nitrogens with zero attached hydrogens (tertiary/aromatic N) is 5. The third-order valence-corrected chi connectivity index (χ3v) is 2.99. The molecule has 0 bridgehead atoms. The van der Waals surface area contributed by atoms with E-state index in [0.717, 1.165) is 17.8 Å². The number of aryl methyl sites for hydroxylation is 1. The lowest BCUT2D eigenvalue weighted by molar-refractivity contribution is -0.390. The fourth-order valence-corrected chi connectivity index (χ4v) is 2.02. The van der Waals surface area contributed by atoms with E-state index in [1.165, 1.54) is 16.8 Å². The number of hydrogen-bond acceptors (Lipinski definition) is 6. The normalized spacial score (nSPS) is 10.5. The second-order valence-corrected chi connectivity index (χ2v) is 4.04. The van der Waals surface area contributed by atoms with Crippen molar-refractivity contribution in [3.63, 3.8) is 0 Å². The van der Waals surface area contributed by atoms with Crippen molar-refractivity contribution >= 4 is 17.4 Å². The zero-order valence-electron chi connectivity index (χ0n) is 8.57. The third-order valence-electron chi connectivity index (χ3n) is 1.91. The van der Waals surface area contributed by atoms with Crippen molar-refractivity contribution in [3.8, 4) is 0 Å². The van der Waals surface area contributed by atoms with Crippen LogP contribution in [-0.4, -0.2) is 25.1 Å². The number of benzene rings is 1. The molecule has 0 atom stereocenters. The second-order valence-electron chi connectivity index (χ2n) is 3.03. The molecule has 0 saturated heterocycles. The van der Waals surface area contributed by atoms with Crippen molar-refractivity contribution in [2.75, 3.05) is 0 Å². The van der Waals surface area contributed by atoms with Crippen LogP contribution < -0.4 is 0 Å². The molecular weight excluding hydrogens is 249 g/mol. The highest BCUT2D eigenvalue weighted by Gasteiger charge is 2.21. The summed E-state index contributed by atoms with van der Waals surface area (Å²) in [7, 11) is 1.59. The van der Waals surface area contributed by atoms with Crippen LogP contribution >= 0.6 is 11.8 Å². The molecule has 2 rings (SSSR count). The summed E-state index contributed by atoms with van der Waals surface area (Å²) in [6.07, 6.45) is 0. The molecule has 7 nitrogen and oxygen atoms in total. The van der Waals surface area contributed by atoms with E-state index in [-0.39, 0.29) is 4.90 Å². The molecule has 0 aliphatic rings. The van der Waals surface area contributed by atoms with Crippen molar-refractivity contribution in [1.29, 1.82) is 0 Å². The molecule has 0 aliphatic heterocycles. The van der Waals surface area contributed by atoms with Crippen molar-refractivity contribution in [2.24, 2.45) is 7.05 Å². The first-order valence-corrected chi connectivity index (χ1v) is 5.24. The maximum atomic E-state index is 13.3. The lowest BCUT2D eigenvalue weighted by atomic mass is 10.3. The van der Waals surface area contributed by atoms with Crippen LogP contribution in [0.25, 0.3) is 0 Å². The Morgan fingerprint density at radius 3 is 2.88 bits per heavy atom. The van der Waals surface area contributed by atoms with Gasteiger partial charge in [0, 0.05) is 7.05 Å². The van der Waals surface area contributed by atoms with Gasteiger partial charge in [0.15, 0.2) is 0 Å². The SMILES string of the molecule is Cn1nnnc1Sc1cccc(F)c1[N+](=O)[O-]. The number of nitro benzene ring substituents is 1. The third kappa shape index (κ3) is 2.23. The molecule has 0 spiro atoms. The number of tetrazole rings is 1. The average molecular weight is 255 g/mol. The Bertz CT molecular complexity index is 573. The average Bonchev–Trinajstić information content (AvgIpc) is 2.64.